The first-order valence-electron chi connectivity index (χ1n) is 8.65. The Labute approximate surface area is 141 Å². The van der Waals surface area contributed by atoms with E-state index in [2.05, 4.69) is 25.1 Å². The number of anilines is 1. The molecule has 2 fully saturated rings. The highest BCUT2D eigenvalue weighted by Crippen LogP contribution is 2.15. The van der Waals surface area contributed by atoms with Gasteiger partial charge in [0.25, 0.3) is 0 Å². The van der Waals surface area contributed by atoms with Crippen LogP contribution in [0.3, 0.4) is 0 Å². The normalized spacial score (nSPS) is 19.4. The standard InChI is InChI=1S/C16H23N7O/c1-13-17-18-14-4-5-15(19-23(13)14)21-10-8-20(9-11-21)12-16(24)22-6-2-3-7-22/h4-5H,2-3,6-12H2,1H3. The monoisotopic (exact) mass is 329 g/mol. The number of rotatable bonds is 3. The summed E-state index contributed by atoms with van der Waals surface area (Å²) < 4.78 is 1.78. The van der Waals surface area contributed by atoms with E-state index >= 15 is 0 Å². The molecule has 0 atom stereocenters. The summed E-state index contributed by atoms with van der Waals surface area (Å²) in [6, 6.07) is 3.94. The van der Waals surface area contributed by atoms with Crippen molar-refractivity contribution in [2.75, 3.05) is 50.7 Å². The zero-order valence-corrected chi connectivity index (χ0v) is 14.1. The van der Waals surface area contributed by atoms with Gasteiger partial charge < -0.3 is 9.80 Å². The van der Waals surface area contributed by atoms with Gasteiger partial charge in [0.2, 0.25) is 5.91 Å². The molecule has 8 nitrogen and oxygen atoms in total. The van der Waals surface area contributed by atoms with Crippen molar-refractivity contribution in [3.8, 4) is 0 Å². The molecule has 2 saturated heterocycles. The third-order valence-electron chi connectivity index (χ3n) is 4.92. The number of carbonyl (C=O) groups excluding carboxylic acids is 1. The lowest BCUT2D eigenvalue weighted by atomic mass is 10.3. The van der Waals surface area contributed by atoms with Crippen LogP contribution < -0.4 is 4.90 Å². The Balaban J connectivity index is 1.36. The van der Waals surface area contributed by atoms with Gasteiger partial charge in [-0.25, -0.2) is 0 Å². The predicted molar refractivity (Wildman–Crippen MR) is 90.0 cm³/mol. The van der Waals surface area contributed by atoms with Crippen molar-refractivity contribution in [3.05, 3.63) is 18.0 Å². The second-order valence-electron chi connectivity index (χ2n) is 6.56. The van der Waals surface area contributed by atoms with Crippen molar-refractivity contribution < 1.29 is 4.79 Å². The van der Waals surface area contributed by atoms with E-state index in [0.29, 0.717) is 6.54 Å². The molecule has 0 N–H and O–H groups in total. The fourth-order valence-corrected chi connectivity index (χ4v) is 3.45. The highest BCUT2D eigenvalue weighted by atomic mass is 16.2. The Morgan fingerprint density at radius 3 is 2.54 bits per heavy atom. The average Bonchev–Trinajstić information content (AvgIpc) is 3.26. The lowest BCUT2D eigenvalue weighted by Crippen LogP contribution is -2.50. The average molecular weight is 329 g/mol. The van der Waals surface area contributed by atoms with Gasteiger partial charge >= 0.3 is 0 Å². The summed E-state index contributed by atoms with van der Waals surface area (Å²) in [5.74, 6) is 2.01. The molecule has 2 aliphatic rings. The van der Waals surface area contributed by atoms with Crippen LogP contribution in [-0.4, -0.2) is 81.3 Å². The quantitative estimate of drug-likeness (QED) is 0.800. The molecule has 8 heteroatoms. The number of aromatic nitrogens is 4. The molecule has 4 rings (SSSR count). The summed E-state index contributed by atoms with van der Waals surface area (Å²) in [5, 5.41) is 12.7. The van der Waals surface area contributed by atoms with Crippen molar-refractivity contribution in [2.24, 2.45) is 0 Å². The van der Waals surface area contributed by atoms with Crippen molar-refractivity contribution >= 4 is 17.4 Å². The smallest absolute Gasteiger partial charge is 0.236 e. The first-order chi connectivity index (χ1) is 11.7. The van der Waals surface area contributed by atoms with E-state index in [1.165, 1.54) is 0 Å². The van der Waals surface area contributed by atoms with Crippen LogP contribution in [0.2, 0.25) is 0 Å². The summed E-state index contributed by atoms with van der Waals surface area (Å²) in [4.78, 5) is 18.8. The number of hydrogen-bond donors (Lipinski definition) is 0. The lowest BCUT2D eigenvalue weighted by molar-refractivity contribution is -0.131. The maximum atomic E-state index is 12.3. The SMILES string of the molecule is Cc1nnc2ccc(N3CCN(CC(=O)N4CCCC4)CC3)nn12. The first kappa shape index (κ1) is 15.3. The molecule has 0 unspecified atom stereocenters. The highest BCUT2D eigenvalue weighted by Gasteiger charge is 2.24. The van der Waals surface area contributed by atoms with Crippen molar-refractivity contribution in [1.82, 2.24) is 29.6 Å². The maximum absolute atomic E-state index is 12.3. The number of amides is 1. The zero-order valence-electron chi connectivity index (χ0n) is 14.1. The van der Waals surface area contributed by atoms with Gasteiger partial charge in [0, 0.05) is 39.3 Å². The molecule has 2 aromatic rings. The van der Waals surface area contributed by atoms with Crippen LogP contribution in [0.4, 0.5) is 5.82 Å². The number of piperazine rings is 1. The number of hydrogen-bond acceptors (Lipinski definition) is 6. The number of aryl methyl sites for hydroxylation is 1. The zero-order chi connectivity index (χ0) is 16.5. The van der Waals surface area contributed by atoms with E-state index in [-0.39, 0.29) is 5.91 Å². The minimum absolute atomic E-state index is 0.278. The van der Waals surface area contributed by atoms with Crippen LogP contribution in [0.25, 0.3) is 5.65 Å². The molecule has 2 aliphatic heterocycles. The molecule has 2 aromatic heterocycles. The predicted octanol–water partition coefficient (Wildman–Crippen LogP) is 0.177. The second kappa shape index (κ2) is 6.35. The van der Waals surface area contributed by atoms with Crippen LogP contribution in [0.5, 0.6) is 0 Å². The molecule has 0 spiro atoms. The van der Waals surface area contributed by atoms with Crippen LogP contribution in [0, 0.1) is 6.92 Å². The summed E-state index contributed by atoms with van der Waals surface area (Å²) in [5.41, 5.74) is 0.770. The summed E-state index contributed by atoms with van der Waals surface area (Å²) in [6.07, 6.45) is 2.30. The molecule has 0 aromatic carbocycles. The van der Waals surface area contributed by atoms with Gasteiger partial charge in [-0.3, -0.25) is 9.69 Å². The molecule has 0 bridgehead atoms. The van der Waals surface area contributed by atoms with Crippen LogP contribution in [-0.2, 0) is 4.79 Å². The Morgan fingerprint density at radius 1 is 1.04 bits per heavy atom. The lowest BCUT2D eigenvalue weighted by Gasteiger charge is -2.35. The van der Waals surface area contributed by atoms with Crippen LogP contribution in [0.15, 0.2) is 12.1 Å². The molecular weight excluding hydrogens is 306 g/mol. The van der Waals surface area contributed by atoms with E-state index in [1.54, 1.807) is 4.52 Å². The van der Waals surface area contributed by atoms with Crippen LogP contribution >= 0.6 is 0 Å². The van der Waals surface area contributed by atoms with Gasteiger partial charge in [-0.15, -0.1) is 15.3 Å². The minimum atomic E-state index is 0.278. The third-order valence-corrected chi connectivity index (χ3v) is 4.92. The molecular formula is C16H23N7O. The van der Waals surface area contributed by atoms with Crippen LogP contribution in [0.1, 0.15) is 18.7 Å². The van der Waals surface area contributed by atoms with E-state index in [0.717, 1.165) is 69.4 Å². The van der Waals surface area contributed by atoms with Gasteiger partial charge in [0.15, 0.2) is 11.5 Å². The molecule has 0 saturated carbocycles. The fraction of sp³-hybridized carbons (Fsp3) is 0.625. The van der Waals surface area contributed by atoms with Gasteiger partial charge in [-0.2, -0.15) is 4.52 Å². The van der Waals surface area contributed by atoms with Gasteiger partial charge in [0.1, 0.15) is 5.82 Å². The molecule has 0 radical (unpaired) electrons. The fourth-order valence-electron chi connectivity index (χ4n) is 3.45. The van der Waals surface area contributed by atoms with E-state index in [9.17, 15) is 4.79 Å². The topological polar surface area (TPSA) is 69.9 Å². The second-order valence-corrected chi connectivity index (χ2v) is 6.56. The summed E-state index contributed by atoms with van der Waals surface area (Å²) in [7, 11) is 0. The molecule has 1 amide bonds. The molecule has 4 heterocycles. The number of fused-ring (bicyclic) bond motifs is 1. The molecule has 128 valence electrons. The Morgan fingerprint density at radius 2 is 1.79 bits per heavy atom. The first-order valence-corrected chi connectivity index (χ1v) is 8.65. The Bertz CT molecular complexity index is 729. The number of nitrogens with zero attached hydrogens (tertiary/aromatic N) is 7. The van der Waals surface area contributed by atoms with E-state index < -0.39 is 0 Å². The van der Waals surface area contributed by atoms with Crippen molar-refractivity contribution in [1.29, 1.82) is 0 Å². The Kier molecular flexibility index (Phi) is 4.05. The minimum Gasteiger partial charge on any atom is -0.353 e. The largest absolute Gasteiger partial charge is 0.353 e. The van der Waals surface area contributed by atoms with Crippen molar-refractivity contribution in [3.63, 3.8) is 0 Å². The maximum Gasteiger partial charge on any atom is 0.236 e. The summed E-state index contributed by atoms with van der Waals surface area (Å²) in [6.45, 7) is 7.85. The summed E-state index contributed by atoms with van der Waals surface area (Å²) >= 11 is 0. The molecule has 24 heavy (non-hydrogen) atoms. The van der Waals surface area contributed by atoms with Gasteiger partial charge in [-0.05, 0) is 31.9 Å². The van der Waals surface area contributed by atoms with E-state index in [1.807, 2.05) is 24.0 Å². The third kappa shape index (κ3) is 2.93. The van der Waals surface area contributed by atoms with Gasteiger partial charge in [-0.1, -0.05) is 0 Å². The number of carbonyl (C=O) groups is 1. The van der Waals surface area contributed by atoms with Crippen molar-refractivity contribution in [2.45, 2.75) is 19.8 Å². The van der Waals surface area contributed by atoms with E-state index in [4.69, 9.17) is 0 Å². The molecule has 0 aliphatic carbocycles. The Hall–Kier alpha value is -2.22. The van der Waals surface area contributed by atoms with Gasteiger partial charge in [0.05, 0.1) is 6.54 Å². The highest BCUT2D eigenvalue weighted by molar-refractivity contribution is 5.78. The number of likely N-dealkylation sites (tertiary alicyclic amines) is 1.